The van der Waals surface area contributed by atoms with Crippen LogP contribution in [-0.2, 0) is 4.74 Å². The summed E-state index contributed by atoms with van der Waals surface area (Å²) in [6.07, 6.45) is 2.30. The second-order valence-electron chi connectivity index (χ2n) is 5.84. The third-order valence-electron chi connectivity index (χ3n) is 3.61. The Morgan fingerprint density at radius 3 is 2.58 bits per heavy atom. The second kappa shape index (κ2) is 7.01. The average molecular weight is 265 g/mol. The largest absolute Gasteiger partial charge is 0.380 e. The molecule has 0 amide bonds. The number of nitrogens with one attached hydrogen (secondary N) is 1. The van der Waals surface area contributed by atoms with E-state index in [-0.39, 0.29) is 5.82 Å². The van der Waals surface area contributed by atoms with Gasteiger partial charge in [-0.1, -0.05) is 26.0 Å². The summed E-state index contributed by atoms with van der Waals surface area (Å²) in [5.74, 6) is 1.04. The normalized spacial score (nSPS) is 22.5. The first-order valence-electron chi connectivity index (χ1n) is 7.21. The van der Waals surface area contributed by atoms with E-state index in [9.17, 15) is 4.39 Å². The fraction of sp³-hybridized carbons (Fsp3) is 0.625. The highest BCUT2D eigenvalue weighted by atomic mass is 19.1. The minimum atomic E-state index is -0.153. The molecule has 1 aliphatic rings. The number of benzene rings is 1. The van der Waals surface area contributed by atoms with Gasteiger partial charge in [0.1, 0.15) is 5.82 Å². The zero-order chi connectivity index (χ0) is 13.7. The third kappa shape index (κ3) is 4.59. The first-order chi connectivity index (χ1) is 9.15. The summed E-state index contributed by atoms with van der Waals surface area (Å²) < 4.78 is 18.4. The van der Waals surface area contributed by atoms with Crippen LogP contribution >= 0.6 is 0 Å². The number of halogens is 1. The molecule has 19 heavy (non-hydrogen) atoms. The van der Waals surface area contributed by atoms with Crippen LogP contribution in [0.15, 0.2) is 24.3 Å². The van der Waals surface area contributed by atoms with E-state index in [2.05, 4.69) is 19.2 Å². The fourth-order valence-corrected chi connectivity index (χ4v) is 2.45. The van der Waals surface area contributed by atoms with Crippen LogP contribution in [0.1, 0.15) is 38.2 Å². The first kappa shape index (κ1) is 14.5. The Morgan fingerprint density at radius 1 is 1.26 bits per heavy atom. The molecule has 1 fully saturated rings. The number of ether oxygens (including phenoxy) is 1. The van der Waals surface area contributed by atoms with Gasteiger partial charge in [0.15, 0.2) is 0 Å². The summed E-state index contributed by atoms with van der Waals surface area (Å²) in [7, 11) is 0. The lowest BCUT2D eigenvalue weighted by Crippen LogP contribution is -2.41. The summed E-state index contributed by atoms with van der Waals surface area (Å²) in [5.41, 5.74) is 1.26. The van der Waals surface area contributed by atoms with E-state index in [0.717, 1.165) is 32.6 Å². The predicted octanol–water partition coefficient (Wildman–Crippen LogP) is 3.33. The molecule has 1 aliphatic carbocycles. The molecule has 1 aromatic carbocycles. The maximum Gasteiger partial charge on any atom is 0.123 e. The van der Waals surface area contributed by atoms with Crippen molar-refractivity contribution < 1.29 is 9.13 Å². The minimum absolute atomic E-state index is 0.153. The van der Waals surface area contributed by atoms with Crippen LogP contribution < -0.4 is 5.32 Å². The molecule has 0 saturated heterocycles. The van der Waals surface area contributed by atoms with Crippen LogP contribution in [0.25, 0.3) is 0 Å². The van der Waals surface area contributed by atoms with E-state index >= 15 is 0 Å². The summed E-state index contributed by atoms with van der Waals surface area (Å²) in [6.45, 7) is 6.87. The smallest absolute Gasteiger partial charge is 0.123 e. The van der Waals surface area contributed by atoms with E-state index in [1.807, 2.05) is 12.1 Å². The SMILES string of the molecule is CC(C)COCCNC1CC(c2ccc(F)cc2)C1. The van der Waals surface area contributed by atoms with Crippen molar-refractivity contribution in [1.82, 2.24) is 5.32 Å². The lowest BCUT2D eigenvalue weighted by molar-refractivity contribution is 0.106. The maximum absolute atomic E-state index is 12.8. The third-order valence-corrected chi connectivity index (χ3v) is 3.61. The van der Waals surface area contributed by atoms with Gasteiger partial charge in [0.2, 0.25) is 0 Å². The Hall–Kier alpha value is -0.930. The molecule has 0 unspecified atom stereocenters. The Morgan fingerprint density at radius 2 is 1.95 bits per heavy atom. The molecule has 106 valence electrons. The van der Waals surface area contributed by atoms with Crippen molar-refractivity contribution in [3.05, 3.63) is 35.6 Å². The Kier molecular flexibility index (Phi) is 5.34. The van der Waals surface area contributed by atoms with E-state index in [1.165, 1.54) is 5.56 Å². The van der Waals surface area contributed by atoms with Gasteiger partial charge in [-0.15, -0.1) is 0 Å². The van der Waals surface area contributed by atoms with Gasteiger partial charge < -0.3 is 10.1 Å². The number of hydrogen-bond donors (Lipinski definition) is 1. The molecule has 2 rings (SSSR count). The van der Waals surface area contributed by atoms with Crippen molar-refractivity contribution in [1.29, 1.82) is 0 Å². The van der Waals surface area contributed by atoms with Gasteiger partial charge in [0.05, 0.1) is 6.61 Å². The van der Waals surface area contributed by atoms with Crippen LogP contribution in [0, 0.1) is 11.7 Å². The molecule has 0 spiro atoms. The molecule has 1 N–H and O–H groups in total. The van der Waals surface area contributed by atoms with Gasteiger partial charge in [-0.25, -0.2) is 4.39 Å². The minimum Gasteiger partial charge on any atom is -0.380 e. The van der Waals surface area contributed by atoms with Crippen LogP contribution in [0.2, 0.25) is 0 Å². The molecule has 0 bridgehead atoms. The van der Waals surface area contributed by atoms with Gasteiger partial charge >= 0.3 is 0 Å². The van der Waals surface area contributed by atoms with Crippen LogP contribution in [-0.4, -0.2) is 25.8 Å². The van der Waals surface area contributed by atoms with Crippen LogP contribution in [0.5, 0.6) is 0 Å². The zero-order valence-electron chi connectivity index (χ0n) is 11.9. The van der Waals surface area contributed by atoms with Crippen LogP contribution in [0.4, 0.5) is 4.39 Å². The molecule has 1 aromatic rings. The summed E-state index contributed by atoms with van der Waals surface area (Å²) in [4.78, 5) is 0. The van der Waals surface area contributed by atoms with Crippen molar-refractivity contribution in [3.8, 4) is 0 Å². The Balaban J connectivity index is 1.57. The maximum atomic E-state index is 12.8. The molecule has 2 nitrogen and oxygen atoms in total. The highest BCUT2D eigenvalue weighted by molar-refractivity contribution is 5.23. The predicted molar refractivity (Wildman–Crippen MR) is 75.8 cm³/mol. The fourth-order valence-electron chi connectivity index (χ4n) is 2.45. The van der Waals surface area contributed by atoms with Crippen molar-refractivity contribution in [2.45, 2.75) is 38.6 Å². The molecule has 0 aromatic heterocycles. The molecular formula is C16H24FNO. The topological polar surface area (TPSA) is 21.3 Å². The van der Waals surface area contributed by atoms with E-state index in [1.54, 1.807) is 12.1 Å². The monoisotopic (exact) mass is 265 g/mol. The summed E-state index contributed by atoms with van der Waals surface area (Å²) in [5, 5.41) is 3.50. The van der Waals surface area contributed by atoms with Crippen molar-refractivity contribution >= 4 is 0 Å². The van der Waals surface area contributed by atoms with Gasteiger partial charge in [0.25, 0.3) is 0 Å². The van der Waals surface area contributed by atoms with Gasteiger partial charge in [0, 0.05) is 19.2 Å². The number of rotatable bonds is 7. The molecule has 0 aliphatic heterocycles. The quantitative estimate of drug-likeness (QED) is 0.764. The van der Waals surface area contributed by atoms with Gasteiger partial charge in [-0.3, -0.25) is 0 Å². The highest BCUT2D eigenvalue weighted by Gasteiger charge is 2.29. The van der Waals surface area contributed by atoms with Gasteiger partial charge in [-0.2, -0.15) is 0 Å². The molecule has 0 atom stereocenters. The number of hydrogen-bond acceptors (Lipinski definition) is 2. The van der Waals surface area contributed by atoms with Crippen molar-refractivity contribution in [2.75, 3.05) is 19.8 Å². The lowest BCUT2D eigenvalue weighted by Gasteiger charge is -2.36. The van der Waals surface area contributed by atoms with Gasteiger partial charge in [-0.05, 0) is 42.4 Å². The van der Waals surface area contributed by atoms with E-state index in [4.69, 9.17) is 4.74 Å². The van der Waals surface area contributed by atoms with Crippen molar-refractivity contribution in [2.24, 2.45) is 5.92 Å². The summed E-state index contributed by atoms with van der Waals surface area (Å²) in [6, 6.07) is 7.51. The average Bonchev–Trinajstić information content (AvgIpc) is 2.32. The second-order valence-corrected chi connectivity index (χ2v) is 5.84. The zero-order valence-corrected chi connectivity index (χ0v) is 11.9. The standard InChI is InChI=1S/C16H24FNO/c1-12(2)11-19-8-7-18-16-9-14(10-16)13-3-5-15(17)6-4-13/h3-6,12,14,16,18H,7-11H2,1-2H3. The Bertz CT molecular complexity index is 371. The Labute approximate surface area is 115 Å². The molecule has 1 saturated carbocycles. The summed E-state index contributed by atoms with van der Waals surface area (Å²) >= 11 is 0. The molecule has 0 radical (unpaired) electrons. The van der Waals surface area contributed by atoms with E-state index < -0.39 is 0 Å². The molecular weight excluding hydrogens is 241 g/mol. The lowest BCUT2D eigenvalue weighted by atomic mass is 9.76. The van der Waals surface area contributed by atoms with Crippen molar-refractivity contribution in [3.63, 3.8) is 0 Å². The molecule has 3 heteroatoms. The van der Waals surface area contributed by atoms with E-state index in [0.29, 0.717) is 17.9 Å². The first-order valence-corrected chi connectivity index (χ1v) is 7.21. The highest BCUT2D eigenvalue weighted by Crippen LogP contribution is 2.36. The van der Waals surface area contributed by atoms with Crippen LogP contribution in [0.3, 0.4) is 0 Å². The molecule has 0 heterocycles.